The molecule has 0 fully saturated rings. The molecule has 0 bridgehead atoms. The van der Waals surface area contributed by atoms with Crippen molar-refractivity contribution in [2.24, 2.45) is 11.7 Å². The van der Waals surface area contributed by atoms with Crippen molar-refractivity contribution >= 4 is 11.3 Å². The highest BCUT2D eigenvalue weighted by atomic mass is 32.1. The Labute approximate surface area is 190 Å². The number of aryl methyl sites for hydroxylation is 1. The SMILES string of the molecule is COCc1ccc(-c2cc(C#N)cc(C3(C(C)C)C(C#N)=C(N)Oc4n[nH]c(C)c43)c2)s1. The second-order valence-electron chi connectivity index (χ2n) is 8.05. The lowest BCUT2D eigenvalue weighted by Crippen LogP contribution is -2.41. The number of benzene rings is 1. The molecule has 8 heteroatoms. The fourth-order valence-electron chi connectivity index (χ4n) is 4.58. The van der Waals surface area contributed by atoms with Crippen molar-refractivity contribution in [1.29, 1.82) is 10.5 Å². The zero-order valence-electron chi connectivity index (χ0n) is 18.3. The molecule has 1 aromatic carbocycles. The molecule has 0 spiro atoms. The molecule has 32 heavy (non-hydrogen) atoms. The van der Waals surface area contributed by atoms with Gasteiger partial charge >= 0.3 is 0 Å². The van der Waals surface area contributed by atoms with E-state index >= 15 is 0 Å². The standard InChI is InChI=1S/C24H23N5O2S/c1-13(2)24(19(11-26)22(27)31-23-21(24)14(3)28-29-23)17-8-15(10-25)7-16(9-17)20-6-5-18(32-20)12-30-4/h5-9,13H,12,27H2,1-4H3,(H,28,29). The van der Waals surface area contributed by atoms with Crippen LogP contribution in [0, 0.1) is 35.5 Å². The zero-order valence-corrected chi connectivity index (χ0v) is 19.1. The molecule has 2 aromatic heterocycles. The summed E-state index contributed by atoms with van der Waals surface area (Å²) in [5, 5.41) is 27.2. The molecule has 0 saturated carbocycles. The molecule has 1 aliphatic heterocycles. The van der Waals surface area contributed by atoms with Crippen molar-refractivity contribution in [3.63, 3.8) is 0 Å². The van der Waals surface area contributed by atoms with Crippen LogP contribution >= 0.6 is 11.3 Å². The molecule has 4 rings (SSSR count). The van der Waals surface area contributed by atoms with E-state index in [0.717, 1.165) is 32.1 Å². The molecule has 1 atom stereocenters. The first-order valence-corrected chi connectivity index (χ1v) is 11.0. The van der Waals surface area contributed by atoms with Crippen molar-refractivity contribution in [2.45, 2.75) is 32.8 Å². The number of nitrogens with two attached hydrogens (primary N) is 1. The van der Waals surface area contributed by atoms with Crippen LogP contribution in [0.5, 0.6) is 5.88 Å². The summed E-state index contributed by atoms with van der Waals surface area (Å²) in [4.78, 5) is 2.10. The van der Waals surface area contributed by atoms with Gasteiger partial charge in [0.1, 0.15) is 11.6 Å². The van der Waals surface area contributed by atoms with Gasteiger partial charge in [-0.05, 0) is 54.3 Å². The maximum atomic E-state index is 10.2. The molecule has 0 saturated heterocycles. The molecule has 1 aliphatic rings. The van der Waals surface area contributed by atoms with E-state index in [1.165, 1.54) is 0 Å². The molecular formula is C24H23N5O2S. The fraction of sp³-hybridized carbons (Fsp3) is 0.292. The minimum Gasteiger partial charge on any atom is -0.420 e. The Bertz CT molecular complexity index is 1300. The summed E-state index contributed by atoms with van der Waals surface area (Å²) in [5.74, 6) is 0.307. The summed E-state index contributed by atoms with van der Waals surface area (Å²) in [6.07, 6.45) is 0. The predicted octanol–water partition coefficient (Wildman–Crippen LogP) is 4.49. The first kappa shape index (κ1) is 21.6. The minimum atomic E-state index is -0.919. The van der Waals surface area contributed by atoms with E-state index in [4.69, 9.17) is 15.2 Å². The van der Waals surface area contributed by atoms with E-state index in [1.807, 2.05) is 51.1 Å². The number of hydrogen-bond donors (Lipinski definition) is 2. The van der Waals surface area contributed by atoms with Crippen molar-refractivity contribution in [1.82, 2.24) is 10.2 Å². The number of hydrogen-bond acceptors (Lipinski definition) is 7. The summed E-state index contributed by atoms with van der Waals surface area (Å²) in [5.41, 5.74) is 9.39. The van der Waals surface area contributed by atoms with Crippen LogP contribution in [-0.2, 0) is 16.8 Å². The molecule has 3 heterocycles. The van der Waals surface area contributed by atoms with Crippen LogP contribution < -0.4 is 10.5 Å². The Morgan fingerprint density at radius 3 is 2.69 bits per heavy atom. The number of aromatic nitrogens is 2. The van der Waals surface area contributed by atoms with Crippen LogP contribution in [0.3, 0.4) is 0 Å². The highest BCUT2D eigenvalue weighted by Gasteiger charge is 2.50. The Kier molecular flexibility index (Phi) is 5.52. The second kappa shape index (κ2) is 8.16. The van der Waals surface area contributed by atoms with E-state index in [1.54, 1.807) is 18.4 Å². The topological polar surface area (TPSA) is 121 Å². The molecule has 7 nitrogen and oxygen atoms in total. The Hall–Kier alpha value is -3.59. The number of nitrogens with zero attached hydrogens (tertiary/aromatic N) is 3. The number of nitrogens with one attached hydrogen (secondary N) is 1. The Morgan fingerprint density at radius 1 is 1.25 bits per heavy atom. The quantitative estimate of drug-likeness (QED) is 0.597. The van der Waals surface area contributed by atoms with Crippen LogP contribution in [0.2, 0.25) is 0 Å². The van der Waals surface area contributed by atoms with Crippen LogP contribution in [-0.4, -0.2) is 17.3 Å². The van der Waals surface area contributed by atoms with Gasteiger partial charge in [-0.1, -0.05) is 13.8 Å². The van der Waals surface area contributed by atoms with Gasteiger partial charge in [-0.15, -0.1) is 16.4 Å². The number of fused-ring (bicyclic) bond motifs is 1. The summed E-state index contributed by atoms with van der Waals surface area (Å²) >= 11 is 1.61. The molecule has 1 unspecified atom stereocenters. The first-order valence-electron chi connectivity index (χ1n) is 10.1. The second-order valence-corrected chi connectivity index (χ2v) is 9.22. The number of nitriles is 2. The number of rotatable bonds is 5. The smallest absolute Gasteiger partial charge is 0.244 e. The molecule has 0 aliphatic carbocycles. The van der Waals surface area contributed by atoms with Crippen LogP contribution in [0.15, 0.2) is 41.8 Å². The third kappa shape index (κ3) is 3.16. The highest BCUT2D eigenvalue weighted by Crippen LogP contribution is 2.53. The van der Waals surface area contributed by atoms with Gasteiger partial charge in [-0.3, -0.25) is 5.10 Å². The monoisotopic (exact) mass is 445 g/mol. The van der Waals surface area contributed by atoms with E-state index < -0.39 is 5.41 Å². The maximum Gasteiger partial charge on any atom is 0.244 e. The zero-order chi connectivity index (χ0) is 23.0. The highest BCUT2D eigenvalue weighted by molar-refractivity contribution is 7.15. The molecular weight excluding hydrogens is 422 g/mol. The molecule has 3 aromatic rings. The minimum absolute atomic E-state index is 0.0302. The summed E-state index contributed by atoms with van der Waals surface area (Å²) in [7, 11) is 1.66. The van der Waals surface area contributed by atoms with Gasteiger partial charge in [0.2, 0.25) is 11.8 Å². The summed E-state index contributed by atoms with van der Waals surface area (Å²) in [6.45, 7) is 6.49. The molecule has 162 valence electrons. The number of ether oxygens (including phenoxy) is 2. The largest absolute Gasteiger partial charge is 0.420 e. The number of allylic oxidation sites excluding steroid dienone is 1. The number of aromatic amines is 1. The number of thiophene rings is 1. The number of methoxy groups -OCH3 is 1. The lowest BCUT2D eigenvalue weighted by atomic mass is 9.61. The Balaban J connectivity index is 2.04. The van der Waals surface area contributed by atoms with E-state index in [-0.39, 0.29) is 11.8 Å². The first-order chi connectivity index (χ1) is 15.4. The molecule has 3 N–H and O–H groups in total. The van der Waals surface area contributed by atoms with Crippen molar-refractivity contribution in [3.05, 3.63) is 69.0 Å². The van der Waals surface area contributed by atoms with Gasteiger partial charge in [-0.2, -0.15) is 10.5 Å². The van der Waals surface area contributed by atoms with Gasteiger partial charge < -0.3 is 15.2 Å². The Morgan fingerprint density at radius 2 is 2.03 bits per heavy atom. The maximum absolute atomic E-state index is 10.2. The van der Waals surface area contributed by atoms with Crippen molar-refractivity contribution in [2.75, 3.05) is 7.11 Å². The van der Waals surface area contributed by atoms with E-state index in [9.17, 15) is 10.5 Å². The normalized spacial score (nSPS) is 17.6. The molecule has 0 amide bonds. The van der Waals surface area contributed by atoms with Gasteiger partial charge in [0.15, 0.2) is 0 Å². The average Bonchev–Trinajstić information content (AvgIpc) is 3.39. The van der Waals surface area contributed by atoms with Gasteiger partial charge in [0.05, 0.1) is 29.2 Å². The van der Waals surface area contributed by atoms with Crippen molar-refractivity contribution in [3.8, 4) is 28.5 Å². The van der Waals surface area contributed by atoms with Crippen LogP contribution in [0.4, 0.5) is 0 Å². The van der Waals surface area contributed by atoms with E-state index in [0.29, 0.717) is 23.6 Å². The van der Waals surface area contributed by atoms with Gasteiger partial charge in [0, 0.05) is 22.6 Å². The van der Waals surface area contributed by atoms with Crippen LogP contribution in [0.1, 0.15) is 41.1 Å². The van der Waals surface area contributed by atoms with E-state index in [2.05, 4.69) is 22.3 Å². The van der Waals surface area contributed by atoms with Gasteiger partial charge in [0.25, 0.3) is 0 Å². The third-order valence-electron chi connectivity index (χ3n) is 5.88. The third-order valence-corrected chi connectivity index (χ3v) is 6.99. The number of H-pyrrole nitrogens is 1. The average molecular weight is 446 g/mol. The molecule has 0 radical (unpaired) electrons. The van der Waals surface area contributed by atoms with Crippen molar-refractivity contribution < 1.29 is 9.47 Å². The van der Waals surface area contributed by atoms with Crippen LogP contribution in [0.25, 0.3) is 10.4 Å². The van der Waals surface area contributed by atoms with Gasteiger partial charge in [-0.25, -0.2) is 0 Å². The lowest BCUT2D eigenvalue weighted by Gasteiger charge is -2.41. The summed E-state index contributed by atoms with van der Waals surface area (Å²) < 4.78 is 11.0. The predicted molar refractivity (Wildman–Crippen MR) is 122 cm³/mol. The summed E-state index contributed by atoms with van der Waals surface area (Å²) in [6, 6.07) is 14.3. The fourth-order valence-corrected chi connectivity index (χ4v) is 5.54. The lowest BCUT2D eigenvalue weighted by molar-refractivity contribution is 0.187.